The van der Waals surface area contributed by atoms with E-state index in [0.29, 0.717) is 30.9 Å². The van der Waals surface area contributed by atoms with Crippen molar-refractivity contribution >= 4 is 29.2 Å². The molecule has 1 fully saturated rings. The third kappa shape index (κ3) is 4.35. The number of carbonyl (C=O) groups is 3. The van der Waals surface area contributed by atoms with Crippen molar-refractivity contribution in [2.24, 2.45) is 0 Å². The van der Waals surface area contributed by atoms with E-state index in [1.54, 1.807) is 11.1 Å². The maximum atomic E-state index is 14.0. The Morgan fingerprint density at radius 1 is 0.929 bits per heavy atom. The second-order valence-electron chi connectivity index (χ2n) is 11.5. The van der Waals surface area contributed by atoms with Gasteiger partial charge in [0, 0.05) is 24.0 Å². The molecular formula is C34H31N5O3. The fourth-order valence-electron chi connectivity index (χ4n) is 6.86. The summed E-state index contributed by atoms with van der Waals surface area (Å²) in [6.45, 7) is 0.528. The molecule has 2 N–H and O–H groups in total. The highest BCUT2D eigenvalue weighted by molar-refractivity contribution is 6.06. The average Bonchev–Trinajstić information content (AvgIpc) is 3.52. The van der Waals surface area contributed by atoms with Gasteiger partial charge in [0.05, 0.1) is 11.5 Å². The number of rotatable bonds is 5. The molecule has 1 spiro atoms. The largest absolute Gasteiger partial charge is 0.325 e. The highest BCUT2D eigenvalue weighted by Crippen LogP contribution is 2.47. The number of aromatic nitrogens is 1. The lowest BCUT2D eigenvalue weighted by molar-refractivity contribution is -0.148. The minimum absolute atomic E-state index is 0.0357. The molecule has 3 amide bonds. The van der Waals surface area contributed by atoms with Gasteiger partial charge in [-0.2, -0.15) is 0 Å². The number of pyridine rings is 1. The summed E-state index contributed by atoms with van der Waals surface area (Å²) >= 11 is 0. The Kier molecular flexibility index (Phi) is 6.35. The molecule has 1 saturated heterocycles. The van der Waals surface area contributed by atoms with E-state index in [4.69, 9.17) is 0 Å². The quantitative estimate of drug-likeness (QED) is 0.382. The minimum atomic E-state index is -0.670. The van der Waals surface area contributed by atoms with Gasteiger partial charge in [-0.15, -0.1) is 0 Å². The number of anilines is 2. The first-order valence-electron chi connectivity index (χ1n) is 14.2. The Morgan fingerprint density at radius 3 is 2.40 bits per heavy atom. The number of carbonyl (C=O) groups excluding carboxylic acids is 3. The molecule has 8 heteroatoms. The molecule has 4 aromatic rings. The van der Waals surface area contributed by atoms with Crippen LogP contribution in [0.25, 0.3) is 0 Å². The maximum Gasteiger partial charge on any atom is 0.245 e. The number of piperazine rings is 1. The van der Waals surface area contributed by atoms with Gasteiger partial charge in [0.1, 0.15) is 18.4 Å². The number of benzene rings is 3. The molecule has 1 aromatic heterocycles. The molecule has 3 heterocycles. The number of nitrogens with zero attached hydrogens (tertiary/aromatic N) is 3. The van der Waals surface area contributed by atoms with Crippen LogP contribution < -0.4 is 10.6 Å². The van der Waals surface area contributed by atoms with E-state index in [-0.39, 0.29) is 30.3 Å². The first kappa shape index (κ1) is 26.1. The van der Waals surface area contributed by atoms with Gasteiger partial charge in [0.2, 0.25) is 17.7 Å². The van der Waals surface area contributed by atoms with Crippen molar-refractivity contribution in [3.8, 4) is 0 Å². The van der Waals surface area contributed by atoms with Gasteiger partial charge < -0.3 is 15.5 Å². The van der Waals surface area contributed by atoms with Crippen LogP contribution in [-0.2, 0) is 32.6 Å². The van der Waals surface area contributed by atoms with Gasteiger partial charge in [-0.1, -0.05) is 72.8 Å². The molecule has 42 heavy (non-hydrogen) atoms. The van der Waals surface area contributed by atoms with Crippen molar-refractivity contribution in [3.05, 3.63) is 125 Å². The lowest BCUT2D eigenvalue weighted by Gasteiger charge is -2.44. The fourth-order valence-corrected chi connectivity index (χ4v) is 6.86. The smallest absolute Gasteiger partial charge is 0.245 e. The van der Waals surface area contributed by atoms with Crippen LogP contribution >= 0.6 is 0 Å². The van der Waals surface area contributed by atoms with E-state index >= 15 is 0 Å². The summed E-state index contributed by atoms with van der Waals surface area (Å²) in [6.07, 6.45) is 2.82. The summed E-state index contributed by atoms with van der Waals surface area (Å²) in [7, 11) is 1.96. The second-order valence-corrected chi connectivity index (χ2v) is 11.5. The minimum Gasteiger partial charge on any atom is -0.325 e. The standard InChI is InChI=1S/C34H31N5O3/c1-38-20-28(22-9-4-2-5-10-22)39(32(41)30(38)23-11-6-3-7-12-23)21-29(40)36-26-15-14-24-18-34(19-25(24)17-26)27-13-8-16-35-31(27)37-33(34)42/h2-17,28,30H,18-21H2,1H3,(H,36,40)(H,35,37,42)/t28-,30-,34-/m1/s1. The summed E-state index contributed by atoms with van der Waals surface area (Å²) in [5, 5.41) is 5.96. The van der Waals surface area contributed by atoms with Crippen LogP contribution in [0.1, 0.15) is 39.9 Å². The van der Waals surface area contributed by atoms with Gasteiger partial charge in [0.15, 0.2) is 0 Å². The van der Waals surface area contributed by atoms with Gasteiger partial charge in [-0.05, 0) is 60.3 Å². The summed E-state index contributed by atoms with van der Waals surface area (Å²) in [6, 6.07) is 28.5. The van der Waals surface area contributed by atoms with Crippen molar-refractivity contribution in [3.63, 3.8) is 0 Å². The first-order valence-corrected chi connectivity index (χ1v) is 14.2. The molecule has 0 unspecified atom stereocenters. The lowest BCUT2D eigenvalue weighted by atomic mass is 9.79. The second kappa shape index (κ2) is 10.2. The molecule has 3 aliphatic rings. The molecule has 0 bridgehead atoms. The number of amides is 3. The van der Waals surface area contributed by atoms with Crippen LogP contribution in [0.2, 0.25) is 0 Å². The Hall–Kier alpha value is -4.82. The van der Waals surface area contributed by atoms with Crippen molar-refractivity contribution < 1.29 is 14.4 Å². The maximum absolute atomic E-state index is 14.0. The average molecular weight is 558 g/mol. The Bertz CT molecular complexity index is 1690. The van der Waals surface area contributed by atoms with Crippen LogP contribution in [0.4, 0.5) is 11.5 Å². The fraction of sp³-hybridized carbons (Fsp3) is 0.235. The van der Waals surface area contributed by atoms with Gasteiger partial charge in [-0.25, -0.2) is 4.98 Å². The zero-order valence-corrected chi connectivity index (χ0v) is 23.3. The normalized spacial score (nSPS) is 23.0. The van der Waals surface area contributed by atoms with Crippen molar-refractivity contribution in [2.75, 3.05) is 30.8 Å². The van der Waals surface area contributed by atoms with E-state index in [1.165, 1.54) is 0 Å². The zero-order valence-electron chi connectivity index (χ0n) is 23.3. The van der Waals surface area contributed by atoms with Crippen LogP contribution in [0.5, 0.6) is 0 Å². The van der Waals surface area contributed by atoms with Gasteiger partial charge in [0.25, 0.3) is 0 Å². The molecule has 2 aliphatic heterocycles. The van der Waals surface area contributed by atoms with Gasteiger partial charge in [-0.3, -0.25) is 19.3 Å². The number of nitrogens with one attached hydrogen (secondary N) is 2. The van der Waals surface area contributed by atoms with Crippen LogP contribution in [0, 0.1) is 0 Å². The molecule has 3 atom stereocenters. The topological polar surface area (TPSA) is 94.6 Å². The third-order valence-electron chi connectivity index (χ3n) is 8.87. The number of likely N-dealkylation sites (N-methyl/N-ethyl adjacent to an activating group) is 1. The summed E-state index contributed by atoms with van der Waals surface area (Å²) in [4.78, 5) is 48.7. The molecule has 7 rings (SSSR count). The molecular weight excluding hydrogens is 526 g/mol. The van der Waals surface area contributed by atoms with E-state index < -0.39 is 11.5 Å². The number of hydrogen-bond donors (Lipinski definition) is 2. The van der Waals surface area contributed by atoms with Crippen LogP contribution in [0.15, 0.2) is 97.2 Å². The summed E-state index contributed by atoms with van der Waals surface area (Å²) in [5.74, 6) is 0.227. The molecule has 3 aromatic carbocycles. The third-order valence-corrected chi connectivity index (χ3v) is 8.87. The Labute approximate surface area is 244 Å². The van der Waals surface area contributed by atoms with E-state index in [0.717, 1.165) is 27.8 Å². The molecule has 1 aliphatic carbocycles. The lowest BCUT2D eigenvalue weighted by Crippen LogP contribution is -2.54. The van der Waals surface area contributed by atoms with Crippen LogP contribution in [-0.4, -0.2) is 52.6 Å². The van der Waals surface area contributed by atoms with E-state index in [1.807, 2.05) is 98.0 Å². The Morgan fingerprint density at radius 2 is 1.64 bits per heavy atom. The van der Waals surface area contributed by atoms with Crippen LogP contribution in [0.3, 0.4) is 0 Å². The Balaban J connectivity index is 1.12. The van der Waals surface area contributed by atoms with Crippen molar-refractivity contribution in [2.45, 2.75) is 30.3 Å². The summed E-state index contributed by atoms with van der Waals surface area (Å²) < 4.78 is 0. The molecule has 0 saturated carbocycles. The molecule has 8 nitrogen and oxygen atoms in total. The monoisotopic (exact) mass is 557 g/mol. The van der Waals surface area contributed by atoms with E-state index in [9.17, 15) is 14.4 Å². The highest BCUT2D eigenvalue weighted by atomic mass is 16.2. The number of fused-ring (bicyclic) bond motifs is 3. The SMILES string of the molecule is CN1C[C@H](c2ccccc2)N(CC(=O)Nc2ccc3c(c2)C[C@@]2(C3)C(=O)Nc3ncccc32)C(=O)[C@H]1c1ccccc1. The zero-order chi connectivity index (χ0) is 28.8. The first-order chi connectivity index (χ1) is 20.4. The van der Waals surface area contributed by atoms with Gasteiger partial charge >= 0.3 is 0 Å². The van der Waals surface area contributed by atoms with E-state index in [2.05, 4.69) is 20.5 Å². The summed E-state index contributed by atoms with van der Waals surface area (Å²) in [5.41, 5.74) is 4.91. The highest BCUT2D eigenvalue weighted by Gasteiger charge is 2.51. The predicted octanol–water partition coefficient (Wildman–Crippen LogP) is 4.27. The predicted molar refractivity (Wildman–Crippen MR) is 160 cm³/mol. The van der Waals surface area contributed by atoms with Crippen molar-refractivity contribution in [1.29, 1.82) is 0 Å². The molecule has 210 valence electrons. The molecule has 0 radical (unpaired) electrons. The number of hydrogen-bond acceptors (Lipinski definition) is 5. The van der Waals surface area contributed by atoms with Crippen molar-refractivity contribution in [1.82, 2.24) is 14.8 Å².